The molecule has 1 aromatic rings. The molecule has 0 saturated heterocycles. The number of thiazole rings is 1. The molecule has 0 radical (unpaired) electrons. The lowest BCUT2D eigenvalue weighted by Crippen LogP contribution is -2.47. The van der Waals surface area contributed by atoms with Gasteiger partial charge in [-0.1, -0.05) is 0 Å². The van der Waals surface area contributed by atoms with Gasteiger partial charge in [0.25, 0.3) is 0 Å². The Balaban J connectivity index is 2.37. The van der Waals surface area contributed by atoms with Crippen molar-refractivity contribution in [3.05, 3.63) is 16.1 Å². The minimum Gasteiger partial charge on any atom is -0.480 e. The van der Waals surface area contributed by atoms with Gasteiger partial charge in [0.1, 0.15) is 5.01 Å². The molecule has 1 aromatic heterocycles. The maximum atomic E-state index is 11.3. The summed E-state index contributed by atoms with van der Waals surface area (Å²) in [4.78, 5) is 26.9. The highest BCUT2D eigenvalue weighted by atomic mass is 32.1. The average molecular weight is 259 g/mol. The number of aliphatic hydroxyl groups is 1. The van der Waals surface area contributed by atoms with Crippen LogP contribution in [0.1, 0.15) is 9.88 Å². The van der Waals surface area contributed by atoms with Crippen LogP contribution in [0.4, 0.5) is 4.79 Å². The van der Waals surface area contributed by atoms with Crippen LogP contribution in [-0.4, -0.2) is 39.8 Å². The minimum atomic E-state index is -1.30. The molecule has 0 bridgehead atoms. The van der Waals surface area contributed by atoms with E-state index in [1.165, 1.54) is 11.3 Å². The number of rotatable bonds is 5. The van der Waals surface area contributed by atoms with Crippen molar-refractivity contribution in [2.45, 2.75) is 19.5 Å². The summed E-state index contributed by atoms with van der Waals surface area (Å²) in [5, 5.41) is 22.6. The van der Waals surface area contributed by atoms with Crippen molar-refractivity contribution in [3.8, 4) is 0 Å². The molecule has 17 heavy (non-hydrogen) atoms. The Kier molecular flexibility index (Phi) is 4.85. The highest BCUT2D eigenvalue weighted by molar-refractivity contribution is 7.11. The van der Waals surface area contributed by atoms with Crippen LogP contribution in [0.2, 0.25) is 0 Å². The van der Waals surface area contributed by atoms with Gasteiger partial charge in [-0.15, -0.1) is 11.3 Å². The van der Waals surface area contributed by atoms with E-state index in [1.807, 2.05) is 6.92 Å². The van der Waals surface area contributed by atoms with Crippen molar-refractivity contribution in [1.29, 1.82) is 0 Å². The van der Waals surface area contributed by atoms with Crippen molar-refractivity contribution in [1.82, 2.24) is 15.6 Å². The summed E-state index contributed by atoms with van der Waals surface area (Å²) in [6.07, 6.45) is 1.69. The van der Waals surface area contributed by atoms with Gasteiger partial charge in [0.2, 0.25) is 0 Å². The van der Waals surface area contributed by atoms with Crippen molar-refractivity contribution < 1.29 is 19.8 Å². The standard InChI is InChI=1S/C9H13N3O4S/c1-5-2-10-7(17-5)3-11-9(16)12-6(4-13)8(14)15/h2,6,13H,3-4H2,1H3,(H,14,15)(H2,11,12,16)/t6-/m1/s1. The van der Waals surface area contributed by atoms with Crippen LogP contribution >= 0.6 is 11.3 Å². The first-order chi connectivity index (χ1) is 8.02. The van der Waals surface area contributed by atoms with E-state index in [0.717, 1.165) is 9.88 Å². The third-order valence-electron chi connectivity index (χ3n) is 1.86. The summed E-state index contributed by atoms with van der Waals surface area (Å²) < 4.78 is 0. The van der Waals surface area contributed by atoms with Crippen LogP contribution in [-0.2, 0) is 11.3 Å². The predicted octanol–water partition coefficient (Wildman–Crippen LogP) is -0.304. The molecular formula is C9H13N3O4S. The van der Waals surface area contributed by atoms with Gasteiger partial charge < -0.3 is 20.8 Å². The smallest absolute Gasteiger partial charge is 0.328 e. The lowest BCUT2D eigenvalue weighted by molar-refractivity contribution is -0.140. The van der Waals surface area contributed by atoms with E-state index in [2.05, 4.69) is 15.6 Å². The van der Waals surface area contributed by atoms with E-state index in [-0.39, 0.29) is 6.54 Å². The van der Waals surface area contributed by atoms with Gasteiger partial charge in [0.05, 0.1) is 13.2 Å². The van der Waals surface area contributed by atoms with Gasteiger partial charge in [0, 0.05) is 11.1 Å². The molecule has 0 aliphatic carbocycles. The lowest BCUT2D eigenvalue weighted by atomic mass is 10.3. The van der Waals surface area contributed by atoms with Gasteiger partial charge in [-0.2, -0.15) is 0 Å². The van der Waals surface area contributed by atoms with Gasteiger partial charge in [-0.05, 0) is 6.92 Å². The Labute approximate surface area is 101 Å². The highest BCUT2D eigenvalue weighted by Gasteiger charge is 2.18. The molecule has 2 amide bonds. The Hall–Kier alpha value is -1.67. The first kappa shape index (κ1) is 13.4. The predicted molar refractivity (Wildman–Crippen MR) is 60.7 cm³/mol. The molecule has 1 rings (SSSR count). The summed E-state index contributed by atoms with van der Waals surface area (Å²) in [7, 11) is 0. The normalized spacial score (nSPS) is 11.9. The number of nitrogens with one attached hydrogen (secondary N) is 2. The number of aliphatic hydroxyl groups excluding tert-OH is 1. The Morgan fingerprint density at radius 3 is 2.76 bits per heavy atom. The molecule has 8 heteroatoms. The van der Waals surface area contributed by atoms with Crippen LogP contribution in [0, 0.1) is 6.92 Å². The van der Waals surface area contributed by atoms with Crippen LogP contribution in [0.3, 0.4) is 0 Å². The van der Waals surface area contributed by atoms with E-state index in [1.54, 1.807) is 6.20 Å². The Morgan fingerprint density at radius 2 is 2.29 bits per heavy atom. The molecule has 0 spiro atoms. The van der Waals surface area contributed by atoms with E-state index in [9.17, 15) is 9.59 Å². The molecule has 0 aromatic carbocycles. The van der Waals surface area contributed by atoms with E-state index < -0.39 is 24.6 Å². The van der Waals surface area contributed by atoms with Crippen LogP contribution < -0.4 is 10.6 Å². The number of nitrogens with zero attached hydrogens (tertiary/aromatic N) is 1. The first-order valence-corrected chi connectivity index (χ1v) is 5.64. The van der Waals surface area contributed by atoms with E-state index in [0.29, 0.717) is 0 Å². The number of hydrogen-bond acceptors (Lipinski definition) is 5. The molecule has 7 nitrogen and oxygen atoms in total. The molecule has 4 N–H and O–H groups in total. The van der Waals surface area contributed by atoms with Crippen molar-refractivity contribution >= 4 is 23.3 Å². The molecular weight excluding hydrogens is 246 g/mol. The fraction of sp³-hybridized carbons (Fsp3) is 0.444. The molecule has 1 atom stereocenters. The van der Waals surface area contributed by atoms with Gasteiger partial charge in [-0.3, -0.25) is 0 Å². The summed E-state index contributed by atoms with van der Waals surface area (Å²) in [6, 6.07) is -1.95. The summed E-state index contributed by atoms with van der Waals surface area (Å²) in [5.41, 5.74) is 0. The zero-order valence-electron chi connectivity index (χ0n) is 9.14. The number of carboxylic acids is 1. The van der Waals surface area contributed by atoms with Gasteiger partial charge >= 0.3 is 12.0 Å². The average Bonchev–Trinajstić information content (AvgIpc) is 2.68. The lowest BCUT2D eigenvalue weighted by Gasteiger charge is -2.11. The Bertz CT molecular complexity index is 407. The third kappa shape index (κ3) is 4.37. The van der Waals surface area contributed by atoms with Crippen molar-refractivity contribution in [3.63, 3.8) is 0 Å². The number of carbonyl (C=O) groups excluding carboxylic acids is 1. The van der Waals surface area contributed by atoms with Crippen molar-refractivity contribution in [2.75, 3.05) is 6.61 Å². The number of aryl methyl sites for hydroxylation is 1. The SMILES string of the molecule is Cc1cnc(CNC(=O)N[C@H](CO)C(=O)O)s1. The monoisotopic (exact) mass is 259 g/mol. The number of urea groups is 1. The first-order valence-electron chi connectivity index (χ1n) is 4.82. The molecule has 0 fully saturated rings. The topological polar surface area (TPSA) is 112 Å². The van der Waals surface area contributed by atoms with Crippen molar-refractivity contribution in [2.24, 2.45) is 0 Å². The quantitative estimate of drug-likeness (QED) is 0.580. The molecule has 94 valence electrons. The number of hydrogen-bond donors (Lipinski definition) is 4. The number of carboxylic acid groups (broad SMARTS) is 1. The molecule has 1 heterocycles. The molecule has 0 aliphatic rings. The largest absolute Gasteiger partial charge is 0.480 e. The van der Waals surface area contributed by atoms with E-state index in [4.69, 9.17) is 10.2 Å². The molecule has 0 saturated carbocycles. The number of aromatic nitrogens is 1. The third-order valence-corrected chi connectivity index (χ3v) is 2.77. The van der Waals surface area contributed by atoms with Crippen LogP contribution in [0.5, 0.6) is 0 Å². The number of amides is 2. The number of carbonyl (C=O) groups is 2. The van der Waals surface area contributed by atoms with Crippen LogP contribution in [0.25, 0.3) is 0 Å². The van der Waals surface area contributed by atoms with E-state index >= 15 is 0 Å². The second kappa shape index (κ2) is 6.16. The van der Waals surface area contributed by atoms with Gasteiger partial charge in [-0.25, -0.2) is 14.6 Å². The highest BCUT2D eigenvalue weighted by Crippen LogP contribution is 2.10. The maximum absolute atomic E-state index is 11.3. The van der Waals surface area contributed by atoms with Gasteiger partial charge in [0.15, 0.2) is 6.04 Å². The zero-order chi connectivity index (χ0) is 12.8. The minimum absolute atomic E-state index is 0.224. The summed E-state index contributed by atoms with van der Waals surface area (Å²) in [6.45, 7) is 1.47. The second-order valence-electron chi connectivity index (χ2n) is 3.27. The zero-order valence-corrected chi connectivity index (χ0v) is 9.95. The number of aliphatic carboxylic acids is 1. The second-order valence-corrected chi connectivity index (χ2v) is 4.58. The fourth-order valence-corrected chi connectivity index (χ4v) is 1.76. The molecule has 0 unspecified atom stereocenters. The summed E-state index contributed by atoms with van der Waals surface area (Å²) >= 11 is 1.44. The maximum Gasteiger partial charge on any atom is 0.328 e. The fourth-order valence-electron chi connectivity index (χ4n) is 1.03. The molecule has 0 aliphatic heterocycles. The van der Waals surface area contributed by atoms with Crippen LogP contribution in [0.15, 0.2) is 6.20 Å². The Morgan fingerprint density at radius 1 is 1.59 bits per heavy atom. The summed E-state index contributed by atoms with van der Waals surface area (Å²) in [5.74, 6) is -1.28.